The Kier molecular flexibility index (Phi) is 6.27. The highest BCUT2D eigenvalue weighted by atomic mass is 19.2. The molecule has 0 fully saturated rings. The number of methoxy groups -OCH3 is 2. The maximum absolute atomic E-state index is 13.8. The minimum Gasteiger partial charge on any atom is -0.354 e. The van der Waals surface area contributed by atoms with Crippen LogP contribution < -0.4 is 5.32 Å². The van der Waals surface area contributed by atoms with Crippen LogP contribution in [0.5, 0.6) is 0 Å². The van der Waals surface area contributed by atoms with E-state index in [1.54, 1.807) is 0 Å². The molecule has 1 rings (SSSR count). The second-order valence-corrected chi connectivity index (χ2v) is 4.04. The molecular formula is C13H18F3NO2. The van der Waals surface area contributed by atoms with Gasteiger partial charge in [-0.25, -0.2) is 13.2 Å². The maximum atomic E-state index is 13.8. The first-order chi connectivity index (χ1) is 9.06. The molecule has 0 saturated heterocycles. The Bertz CT molecular complexity index is 411. The summed E-state index contributed by atoms with van der Waals surface area (Å²) in [7, 11) is 2.79. The van der Waals surface area contributed by atoms with Crippen LogP contribution in [-0.2, 0) is 9.47 Å². The number of halogens is 3. The van der Waals surface area contributed by atoms with Crippen LogP contribution in [0.2, 0.25) is 0 Å². The monoisotopic (exact) mass is 277 g/mol. The van der Waals surface area contributed by atoms with Gasteiger partial charge in [0.1, 0.15) is 0 Å². The zero-order valence-corrected chi connectivity index (χ0v) is 11.2. The molecule has 0 saturated carbocycles. The highest BCUT2D eigenvalue weighted by molar-refractivity contribution is 5.24. The topological polar surface area (TPSA) is 30.5 Å². The van der Waals surface area contributed by atoms with Gasteiger partial charge < -0.3 is 14.8 Å². The van der Waals surface area contributed by atoms with E-state index in [9.17, 15) is 13.2 Å². The highest BCUT2D eigenvalue weighted by Crippen LogP contribution is 2.25. The number of ether oxygens (including phenoxy) is 2. The van der Waals surface area contributed by atoms with E-state index < -0.39 is 29.8 Å². The molecule has 0 radical (unpaired) electrons. The van der Waals surface area contributed by atoms with Gasteiger partial charge in [-0.2, -0.15) is 0 Å². The van der Waals surface area contributed by atoms with Gasteiger partial charge in [-0.3, -0.25) is 0 Å². The molecule has 0 spiro atoms. The van der Waals surface area contributed by atoms with Gasteiger partial charge in [-0.05, 0) is 19.0 Å². The van der Waals surface area contributed by atoms with Crippen LogP contribution in [-0.4, -0.2) is 27.1 Å². The molecule has 6 heteroatoms. The van der Waals surface area contributed by atoms with Crippen LogP contribution in [0, 0.1) is 17.5 Å². The van der Waals surface area contributed by atoms with Gasteiger partial charge in [0.05, 0.1) is 6.04 Å². The molecule has 0 aromatic heterocycles. The van der Waals surface area contributed by atoms with Crippen molar-refractivity contribution in [2.45, 2.75) is 25.7 Å². The van der Waals surface area contributed by atoms with Crippen molar-refractivity contribution in [1.29, 1.82) is 0 Å². The van der Waals surface area contributed by atoms with Crippen molar-refractivity contribution >= 4 is 0 Å². The van der Waals surface area contributed by atoms with E-state index in [-0.39, 0.29) is 5.56 Å². The largest absolute Gasteiger partial charge is 0.354 e. The number of benzene rings is 1. The van der Waals surface area contributed by atoms with Crippen LogP contribution in [0.15, 0.2) is 12.1 Å². The van der Waals surface area contributed by atoms with Crippen LogP contribution in [0.3, 0.4) is 0 Å². The fraction of sp³-hybridized carbons (Fsp3) is 0.538. The van der Waals surface area contributed by atoms with Crippen molar-refractivity contribution in [3.8, 4) is 0 Å². The Morgan fingerprint density at radius 2 is 1.74 bits per heavy atom. The average molecular weight is 277 g/mol. The predicted octanol–water partition coefficient (Wildman–Crippen LogP) is 2.76. The summed E-state index contributed by atoms with van der Waals surface area (Å²) >= 11 is 0. The minimum atomic E-state index is -1.49. The van der Waals surface area contributed by atoms with Gasteiger partial charge in [0.2, 0.25) is 0 Å². The zero-order valence-electron chi connectivity index (χ0n) is 11.2. The van der Waals surface area contributed by atoms with E-state index in [2.05, 4.69) is 5.32 Å². The summed E-state index contributed by atoms with van der Waals surface area (Å²) in [6, 6.07) is 1.35. The molecule has 1 N–H and O–H groups in total. The van der Waals surface area contributed by atoms with Crippen molar-refractivity contribution in [2.75, 3.05) is 20.8 Å². The normalized spacial score (nSPS) is 13.0. The molecule has 108 valence electrons. The number of nitrogens with one attached hydrogen (secondary N) is 1. The average Bonchev–Trinajstić information content (AvgIpc) is 2.42. The Morgan fingerprint density at radius 1 is 1.11 bits per heavy atom. The standard InChI is InChI=1S/C13H18F3NO2/c1-4-7-17-12(13(18-2)19-3)8-5-6-9(14)11(16)10(8)15/h5-6,12-13,17H,4,7H2,1-3H3. The lowest BCUT2D eigenvalue weighted by atomic mass is 10.0. The van der Waals surface area contributed by atoms with E-state index in [1.807, 2.05) is 6.92 Å². The van der Waals surface area contributed by atoms with Gasteiger partial charge in [0.25, 0.3) is 0 Å². The summed E-state index contributed by atoms with van der Waals surface area (Å²) in [4.78, 5) is 0. The van der Waals surface area contributed by atoms with Crippen molar-refractivity contribution in [1.82, 2.24) is 5.32 Å². The summed E-state index contributed by atoms with van der Waals surface area (Å²) < 4.78 is 50.2. The lowest BCUT2D eigenvalue weighted by Crippen LogP contribution is -2.35. The molecule has 1 aromatic rings. The molecule has 0 bridgehead atoms. The van der Waals surface area contributed by atoms with Gasteiger partial charge in [-0.15, -0.1) is 0 Å². The fourth-order valence-corrected chi connectivity index (χ4v) is 1.80. The third kappa shape index (κ3) is 3.68. The molecule has 0 aliphatic carbocycles. The number of hydrogen-bond donors (Lipinski definition) is 1. The van der Waals surface area contributed by atoms with E-state index in [4.69, 9.17) is 9.47 Å². The van der Waals surface area contributed by atoms with E-state index >= 15 is 0 Å². The minimum absolute atomic E-state index is 0.0268. The lowest BCUT2D eigenvalue weighted by Gasteiger charge is -2.26. The summed E-state index contributed by atoms with van der Waals surface area (Å²) in [6.07, 6.45) is -0.00649. The summed E-state index contributed by atoms with van der Waals surface area (Å²) in [5, 5.41) is 3.00. The molecule has 1 aromatic carbocycles. The summed E-state index contributed by atoms with van der Waals surface area (Å²) in [5.41, 5.74) is -0.0268. The number of hydrogen-bond acceptors (Lipinski definition) is 3. The molecule has 0 amide bonds. The maximum Gasteiger partial charge on any atom is 0.194 e. The first kappa shape index (κ1) is 15.9. The zero-order chi connectivity index (χ0) is 14.4. The third-order valence-electron chi connectivity index (χ3n) is 2.75. The Balaban J connectivity index is 3.13. The third-order valence-corrected chi connectivity index (χ3v) is 2.75. The lowest BCUT2D eigenvalue weighted by molar-refractivity contribution is -0.124. The predicted molar refractivity (Wildman–Crippen MR) is 65.2 cm³/mol. The van der Waals surface area contributed by atoms with Crippen molar-refractivity contribution in [2.24, 2.45) is 0 Å². The number of rotatable bonds is 7. The molecule has 0 heterocycles. The molecule has 0 aliphatic heterocycles. The van der Waals surface area contributed by atoms with E-state index in [0.29, 0.717) is 6.54 Å². The summed E-state index contributed by atoms with van der Waals surface area (Å²) in [6.45, 7) is 2.49. The van der Waals surface area contributed by atoms with Crippen LogP contribution in [0.25, 0.3) is 0 Å². The molecule has 0 aliphatic rings. The van der Waals surface area contributed by atoms with Crippen LogP contribution in [0.4, 0.5) is 13.2 Å². The van der Waals surface area contributed by atoms with E-state index in [0.717, 1.165) is 12.5 Å². The van der Waals surface area contributed by atoms with Gasteiger partial charge >= 0.3 is 0 Å². The van der Waals surface area contributed by atoms with Gasteiger partial charge in [0, 0.05) is 19.8 Å². The Labute approximate surface area is 110 Å². The summed E-state index contributed by atoms with van der Waals surface area (Å²) in [5.74, 6) is -3.94. The van der Waals surface area contributed by atoms with Crippen molar-refractivity contribution < 1.29 is 22.6 Å². The molecule has 3 nitrogen and oxygen atoms in total. The van der Waals surface area contributed by atoms with Crippen LogP contribution in [0.1, 0.15) is 24.9 Å². The Morgan fingerprint density at radius 3 is 2.26 bits per heavy atom. The molecule has 1 atom stereocenters. The molecule has 1 unspecified atom stereocenters. The Hall–Kier alpha value is -1.11. The smallest absolute Gasteiger partial charge is 0.194 e. The van der Waals surface area contributed by atoms with Crippen molar-refractivity contribution in [3.05, 3.63) is 35.1 Å². The SMILES string of the molecule is CCCNC(c1ccc(F)c(F)c1F)C(OC)OC. The van der Waals surface area contributed by atoms with E-state index in [1.165, 1.54) is 20.3 Å². The first-order valence-corrected chi connectivity index (χ1v) is 5.99. The quantitative estimate of drug-likeness (QED) is 0.614. The second kappa shape index (κ2) is 7.47. The fourth-order valence-electron chi connectivity index (χ4n) is 1.80. The van der Waals surface area contributed by atoms with Gasteiger partial charge in [-0.1, -0.05) is 13.0 Å². The van der Waals surface area contributed by atoms with Crippen LogP contribution >= 0.6 is 0 Å². The van der Waals surface area contributed by atoms with Crippen molar-refractivity contribution in [3.63, 3.8) is 0 Å². The molecule has 19 heavy (non-hydrogen) atoms. The van der Waals surface area contributed by atoms with Gasteiger partial charge in [0.15, 0.2) is 23.7 Å². The molecular weight excluding hydrogens is 259 g/mol. The second-order valence-electron chi connectivity index (χ2n) is 4.04. The highest BCUT2D eigenvalue weighted by Gasteiger charge is 2.27. The first-order valence-electron chi connectivity index (χ1n) is 5.99.